The largest absolute Gasteiger partial charge is 0.375 e. The van der Waals surface area contributed by atoms with Crippen LogP contribution in [0.4, 0.5) is 5.13 Å². The monoisotopic (exact) mass is 397 g/mol. The maximum atomic E-state index is 12.9. The molecule has 3 N–H and O–H groups in total. The summed E-state index contributed by atoms with van der Waals surface area (Å²) in [5.74, 6) is 0.604. The van der Waals surface area contributed by atoms with Gasteiger partial charge in [0.15, 0.2) is 5.13 Å². The number of piperidine rings is 2. The summed E-state index contributed by atoms with van der Waals surface area (Å²) in [7, 11) is 0. The third kappa shape index (κ3) is 3.21. The molecule has 4 aliphatic rings. The minimum Gasteiger partial charge on any atom is -0.375 e. The van der Waals surface area contributed by atoms with Crippen LogP contribution in [0.25, 0.3) is 0 Å². The number of fused-ring (bicyclic) bond motifs is 1. The summed E-state index contributed by atoms with van der Waals surface area (Å²) >= 11 is 1.43. The molecule has 4 saturated heterocycles. The zero-order valence-corrected chi connectivity index (χ0v) is 16.8. The number of thiazole rings is 1. The van der Waals surface area contributed by atoms with Crippen LogP contribution >= 0.6 is 11.3 Å². The van der Waals surface area contributed by atoms with E-state index in [2.05, 4.69) is 50.4 Å². The van der Waals surface area contributed by atoms with Gasteiger partial charge in [-0.3, -0.25) is 4.79 Å². The Kier molecular flexibility index (Phi) is 4.61. The van der Waals surface area contributed by atoms with E-state index in [0.29, 0.717) is 23.9 Å². The third-order valence-corrected chi connectivity index (χ3v) is 7.36. The number of carbonyl (C=O) groups is 1. The number of hydrogen-bond donors (Lipinski definition) is 2. The first kappa shape index (κ1) is 18.1. The van der Waals surface area contributed by atoms with E-state index in [1.165, 1.54) is 16.9 Å². The molecule has 6 nitrogen and oxygen atoms in total. The molecule has 4 aliphatic heterocycles. The molecule has 0 saturated carbocycles. The number of amides is 1. The van der Waals surface area contributed by atoms with Gasteiger partial charge in [0.05, 0.1) is 5.69 Å². The summed E-state index contributed by atoms with van der Waals surface area (Å²) in [6, 6.07) is 11.0. The van der Waals surface area contributed by atoms with Gasteiger partial charge in [0, 0.05) is 68.4 Å². The van der Waals surface area contributed by atoms with E-state index >= 15 is 0 Å². The van der Waals surface area contributed by atoms with Crippen molar-refractivity contribution in [3.8, 4) is 0 Å². The van der Waals surface area contributed by atoms with E-state index in [-0.39, 0.29) is 17.4 Å². The van der Waals surface area contributed by atoms with Gasteiger partial charge in [0.1, 0.15) is 0 Å². The highest BCUT2D eigenvalue weighted by atomic mass is 32.1. The summed E-state index contributed by atoms with van der Waals surface area (Å²) in [6.07, 6.45) is 1.11. The van der Waals surface area contributed by atoms with Gasteiger partial charge in [-0.25, -0.2) is 4.98 Å². The molecule has 5 heterocycles. The van der Waals surface area contributed by atoms with Crippen molar-refractivity contribution in [2.75, 3.05) is 45.0 Å². The zero-order valence-electron chi connectivity index (χ0n) is 16.0. The van der Waals surface area contributed by atoms with Gasteiger partial charge < -0.3 is 20.9 Å². The van der Waals surface area contributed by atoms with Gasteiger partial charge in [-0.1, -0.05) is 30.3 Å². The van der Waals surface area contributed by atoms with Gasteiger partial charge >= 0.3 is 0 Å². The number of rotatable bonds is 5. The topological polar surface area (TPSA) is 74.5 Å². The lowest BCUT2D eigenvalue weighted by Crippen LogP contribution is -2.70. The van der Waals surface area contributed by atoms with Crippen molar-refractivity contribution in [2.24, 2.45) is 5.92 Å². The molecule has 2 aromatic rings. The molecule has 28 heavy (non-hydrogen) atoms. The first-order valence-corrected chi connectivity index (χ1v) is 11.0. The predicted octanol–water partition coefficient (Wildman–Crippen LogP) is 1.34. The second kappa shape index (κ2) is 7.13. The average molecular weight is 398 g/mol. The highest BCUT2D eigenvalue weighted by Crippen LogP contribution is 2.43. The van der Waals surface area contributed by atoms with E-state index in [1.807, 2.05) is 5.38 Å². The normalized spacial score (nSPS) is 33.6. The van der Waals surface area contributed by atoms with Crippen LogP contribution in [-0.4, -0.2) is 66.0 Å². The number of aromatic nitrogens is 1. The number of nitrogens with two attached hydrogens (primary N) is 1. The van der Waals surface area contributed by atoms with Crippen molar-refractivity contribution in [3.63, 3.8) is 0 Å². The summed E-state index contributed by atoms with van der Waals surface area (Å²) in [6.45, 7) is 6.49. The van der Waals surface area contributed by atoms with Crippen molar-refractivity contribution < 1.29 is 4.79 Å². The SMILES string of the molecule is Nc1nc(CCC(=O)NC2C3CN4CCN(C3)CC2(c2ccccc2)C4)cs1. The van der Waals surface area contributed by atoms with Gasteiger partial charge in [-0.2, -0.15) is 0 Å². The molecule has 0 radical (unpaired) electrons. The van der Waals surface area contributed by atoms with Crippen molar-refractivity contribution in [2.45, 2.75) is 24.3 Å². The van der Waals surface area contributed by atoms with Crippen LogP contribution in [-0.2, 0) is 16.6 Å². The number of hydrogen-bond acceptors (Lipinski definition) is 6. The van der Waals surface area contributed by atoms with Gasteiger partial charge in [-0.15, -0.1) is 11.3 Å². The second-order valence-electron chi connectivity index (χ2n) is 8.47. The number of benzene rings is 1. The first-order valence-electron chi connectivity index (χ1n) is 10.1. The summed E-state index contributed by atoms with van der Waals surface area (Å²) in [5, 5.41) is 5.97. The highest BCUT2D eigenvalue weighted by Gasteiger charge is 2.55. The summed E-state index contributed by atoms with van der Waals surface area (Å²) < 4.78 is 0. The number of carbonyl (C=O) groups excluding carboxylic acids is 1. The molecule has 0 spiro atoms. The smallest absolute Gasteiger partial charge is 0.220 e. The van der Waals surface area contributed by atoms with E-state index in [9.17, 15) is 4.79 Å². The maximum Gasteiger partial charge on any atom is 0.220 e. The van der Waals surface area contributed by atoms with Crippen molar-refractivity contribution >= 4 is 22.4 Å². The van der Waals surface area contributed by atoms with E-state index in [0.717, 1.165) is 45.0 Å². The lowest BCUT2D eigenvalue weighted by molar-refractivity contribution is -0.124. The van der Waals surface area contributed by atoms with Crippen LogP contribution in [0, 0.1) is 5.92 Å². The fraction of sp³-hybridized carbons (Fsp3) is 0.524. The fourth-order valence-corrected chi connectivity index (χ4v) is 6.09. The molecule has 1 amide bonds. The zero-order chi connectivity index (χ0) is 19.1. The Labute approximate surface area is 169 Å². The van der Waals surface area contributed by atoms with E-state index in [4.69, 9.17) is 5.73 Å². The highest BCUT2D eigenvalue weighted by molar-refractivity contribution is 7.13. The Hall–Kier alpha value is -1.96. The maximum absolute atomic E-state index is 12.9. The Balaban J connectivity index is 1.38. The molecule has 7 heteroatoms. The molecule has 148 valence electrons. The van der Waals surface area contributed by atoms with Crippen molar-refractivity contribution in [3.05, 3.63) is 47.0 Å². The van der Waals surface area contributed by atoms with Crippen LogP contribution < -0.4 is 11.1 Å². The molecular formula is C21H27N5OS. The van der Waals surface area contributed by atoms with E-state index < -0.39 is 0 Å². The second-order valence-corrected chi connectivity index (χ2v) is 9.36. The first-order chi connectivity index (χ1) is 13.6. The summed E-state index contributed by atoms with van der Waals surface area (Å²) in [4.78, 5) is 22.4. The van der Waals surface area contributed by atoms with Crippen LogP contribution in [0.15, 0.2) is 35.7 Å². The number of aryl methyl sites for hydroxylation is 1. The fourth-order valence-electron chi connectivity index (χ4n) is 5.49. The number of nitrogens with zero attached hydrogens (tertiary/aromatic N) is 3. The lowest BCUT2D eigenvalue weighted by atomic mass is 9.64. The Bertz CT molecular complexity index is 837. The quantitative estimate of drug-likeness (QED) is 0.797. The minimum atomic E-state index is -0.0281. The molecule has 1 aromatic heterocycles. The predicted molar refractivity (Wildman–Crippen MR) is 111 cm³/mol. The Morgan fingerprint density at radius 3 is 2.57 bits per heavy atom. The van der Waals surface area contributed by atoms with Crippen molar-refractivity contribution in [1.29, 1.82) is 0 Å². The molecule has 4 bridgehead atoms. The number of anilines is 1. The van der Waals surface area contributed by atoms with Crippen LogP contribution in [0.1, 0.15) is 17.7 Å². The Morgan fingerprint density at radius 2 is 1.93 bits per heavy atom. The van der Waals surface area contributed by atoms with Gasteiger partial charge in [0.2, 0.25) is 5.91 Å². The molecule has 4 fully saturated rings. The molecule has 0 aliphatic carbocycles. The van der Waals surface area contributed by atoms with Crippen LogP contribution in [0.3, 0.4) is 0 Å². The summed E-state index contributed by atoms with van der Waals surface area (Å²) in [5.41, 5.74) is 7.95. The Morgan fingerprint density at radius 1 is 1.21 bits per heavy atom. The average Bonchev–Trinajstić information content (AvgIpc) is 2.95. The number of nitrogens with one attached hydrogen (secondary N) is 1. The third-order valence-electron chi connectivity index (χ3n) is 6.64. The van der Waals surface area contributed by atoms with E-state index in [1.54, 1.807) is 0 Å². The van der Waals surface area contributed by atoms with Crippen molar-refractivity contribution in [1.82, 2.24) is 20.1 Å². The lowest BCUT2D eigenvalue weighted by Gasteiger charge is -2.55. The van der Waals surface area contributed by atoms with Crippen LogP contribution in [0.5, 0.6) is 0 Å². The van der Waals surface area contributed by atoms with Crippen LogP contribution in [0.2, 0.25) is 0 Å². The minimum absolute atomic E-state index is 0.0281. The molecule has 1 aromatic carbocycles. The standard InChI is InChI=1S/C21H27N5OS/c22-20-23-17(12-28-20)6-7-18(27)24-19-15-10-25-8-9-26(11-15)14-21(19,13-25)16-4-2-1-3-5-16/h1-5,12,15,19H,6-11,13-14H2,(H2,22,23)(H,24,27). The number of nitrogen functional groups attached to an aromatic ring is 1. The molecule has 6 rings (SSSR count). The molecule has 3 unspecified atom stereocenters. The molecular weight excluding hydrogens is 370 g/mol. The van der Waals surface area contributed by atoms with Gasteiger partial charge in [-0.05, 0) is 12.0 Å². The van der Waals surface area contributed by atoms with Gasteiger partial charge in [0.25, 0.3) is 0 Å². The molecule has 3 atom stereocenters.